The van der Waals surface area contributed by atoms with Gasteiger partial charge in [-0.15, -0.1) is 0 Å². The lowest BCUT2D eigenvalue weighted by atomic mass is 9.93. The Labute approximate surface area is 859 Å². The van der Waals surface area contributed by atoms with Crippen molar-refractivity contribution >= 4 is 23.6 Å². The summed E-state index contributed by atoms with van der Waals surface area (Å²) in [7, 11) is 0. The van der Waals surface area contributed by atoms with Gasteiger partial charge >= 0.3 is 0 Å². The Bertz CT molecular complexity index is 3740. The molecule has 148 heavy (non-hydrogen) atoms. The van der Waals surface area contributed by atoms with Crippen LogP contribution in [0.15, 0.2) is 12.2 Å². The number of nitrogens with one attached hydrogen (secondary N) is 4. The van der Waals surface area contributed by atoms with Gasteiger partial charge in [0.1, 0.15) is 220 Å². The number of carbonyl (C=O) groups excluding carboxylic acids is 4. The van der Waals surface area contributed by atoms with E-state index in [9.17, 15) is 152 Å². The second-order valence-corrected chi connectivity index (χ2v) is 39.9. The molecule has 30 N–H and O–H groups in total. The van der Waals surface area contributed by atoms with Gasteiger partial charge in [-0.2, -0.15) is 0 Å². The molecule has 0 radical (unpaired) electrons. The standard InChI is InChI=1S/C96H170N4O48/c1-6-8-10-12-14-16-18-20-21-23-25-27-29-31-33-35-60(113)100-49(50(112)34-32-30-28-26-24-22-19-17-15-13-11-9-7-2)44-131-91-77(127)74(124)84(58(43-108)140-91)145-95-78(128)85(66(116)53(38-103)136-95)146-89-63(99-48(5)111)71(121)83(57(42-107)139-89)144-96-80(130)87(147-90-62(98-47(4)110)70(120)82(56(41-106)138-90)142-92-75(125)72(122)64(114)51(36-101)133-92)68(118)59(141-96)45-132-88-61(97-46(3)109)69(119)81(55(40-105)137-88)143-94-79(129)86(67(117)54(39-104)135-94)148-93-76(126)73(123)65(115)52(37-102)134-93/h32,34,49-59,61-96,101-108,112,114-130H,6-31,33,35-45H2,1-5H3,(H,97,109)(H,98,110)(H,99,111)(H,100,113)/b34-32+/t49-,50+,51?,52?,53?,54?,55?,56?,57?,58?,59?,61?,62?,63?,64-,65-,66-,67-,68-,69+,70+,71+,72-,73-,74+,75?,76?,77?,78?,79?,80?,81+,82+,83+,84+,85-,86-,87-,88+,89-,90-,91+,92-,93-,94-,95-,96-/m0/s1. The van der Waals surface area contributed by atoms with Crippen molar-refractivity contribution in [2.45, 2.75) is 503 Å². The number of amides is 4. The number of hydrogen-bond acceptors (Lipinski definition) is 48. The molecule has 862 valence electrons. The van der Waals surface area contributed by atoms with E-state index in [4.69, 9.17) is 85.3 Å². The molecular weight excluding hydrogens is 1980 g/mol. The van der Waals surface area contributed by atoms with Gasteiger partial charge in [0.15, 0.2) is 56.6 Å². The summed E-state index contributed by atoms with van der Waals surface area (Å²) in [6.07, 6.45) is -54.4. The Morgan fingerprint density at radius 2 is 0.534 bits per heavy atom. The van der Waals surface area contributed by atoms with Gasteiger partial charge in [-0.05, 0) is 19.3 Å². The summed E-state index contributed by atoms with van der Waals surface area (Å²) in [5, 5.41) is 304. The molecular formula is C96H170N4O48. The summed E-state index contributed by atoms with van der Waals surface area (Å²) in [5.74, 6) is -3.27. The smallest absolute Gasteiger partial charge is 0.220 e. The van der Waals surface area contributed by atoms with Crippen LogP contribution in [0.5, 0.6) is 0 Å². The summed E-state index contributed by atoms with van der Waals surface area (Å²) in [6.45, 7) is -3.04. The van der Waals surface area contributed by atoms with Gasteiger partial charge in [-0.25, -0.2) is 0 Å². The first-order chi connectivity index (χ1) is 70.9. The first-order valence-electron chi connectivity index (χ1n) is 52.5. The third-order valence-corrected chi connectivity index (χ3v) is 28.4. The highest BCUT2D eigenvalue weighted by atomic mass is 16.8. The Balaban J connectivity index is 0.919. The lowest BCUT2D eigenvalue weighted by Crippen LogP contribution is -2.71. The summed E-state index contributed by atoms with van der Waals surface area (Å²) in [5.41, 5.74) is 0. The minimum Gasteiger partial charge on any atom is -0.394 e. The van der Waals surface area contributed by atoms with Crippen LogP contribution in [-0.4, -0.2) is 511 Å². The Hall–Kier alpha value is -4.14. The number of carbonyl (C=O) groups is 4. The van der Waals surface area contributed by atoms with Gasteiger partial charge in [0.2, 0.25) is 23.6 Å². The highest BCUT2D eigenvalue weighted by Crippen LogP contribution is 2.41. The van der Waals surface area contributed by atoms with Crippen LogP contribution in [0, 0.1) is 0 Å². The van der Waals surface area contributed by atoms with Crippen molar-refractivity contribution in [2.75, 3.05) is 66.1 Å². The van der Waals surface area contributed by atoms with Crippen molar-refractivity contribution in [2.24, 2.45) is 0 Å². The fourth-order valence-electron chi connectivity index (χ4n) is 19.9. The maximum absolute atomic E-state index is 13.7. The third-order valence-electron chi connectivity index (χ3n) is 28.4. The molecule has 9 rings (SSSR count). The molecule has 18 unspecified atom stereocenters. The maximum Gasteiger partial charge on any atom is 0.220 e. The van der Waals surface area contributed by atoms with Crippen molar-refractivity contribution in [3.8, 4) is 0 Å². The zero-order chi connectivity index (χ0) is 108. The first kappa shape index (κ1) is 127. The fourth-order valence-corrected chi connectivity index (χ4v) is 19.9. The highest BCUT2D eigenvalue weighted by molar-refractivity contribution is 5.76. The van der Waals surface area contributed by atoms with Gasteiger partial charge in [0, 0.05) is 27.2 Å². The predicted molar refractivity (Wildman–Crippen MR) is 503 cm³/mol. The van der Waals surface area contributed by atoms with Crippen molar-refractivity contribution in [1.29, 1.82) is 0 Å². The molecule has 9 heterocycles. The number of hydrogen-bond donors (Lipinski definition) is 30. The number of unbranched alkanes of at least 4 members (excludes halogenated alkanes) is 25. The van der Waals surface area contributed by atoms with Crippen LogP contribution in [0.4, 0.5) is 0 Å². The molecule has 0 spiro atoms. The van der Waals surface area contributed by atoms with Crippen LogP contribution in [0.2, 0.25) is 0 Å². The second kappa shape index (κ2) is 64.7. The second-order valence-electron chi connectivity index (χ2n) is 39.9. The normalized spacial score (nSPS) is 40.4. The quantitative estimate of drug-likeness (QED) is 0.0199. The van der Waals surface area contributed by atoms with E-state index in [2.05, 4.69) is 35.1 Å². The molecule has 0 aliphatic carbocycles. The van der Waals surface area contributed by atoms with Crippen LogP contribution in [0.25, 0.3) is 0 Å². The van der Waals surface area contributed by atoms with Crippen molar-refractivity contribution in [3.05, 3.63) is 12.2 Å². The Morgan fingerprint density at radius 1 is 0.270 bits per heavy atom. The molecule has 4 amide bonds. The van der Waals surface area contributed by atoms with Gasteiger partial charge in [-0.1, -0.05) is 180 Å². The fraction of sp³-hybridized carbons (Fsp3) is 0.938. The monoisotopic (exact) mass is 2150 g/mol. The molecule has 0 bridgehead atoms. The number of ether oxygens (including phenoxy) is 18. The maximum atomic E-state index is 13.7. The molecule has 52 nitrogen and oxygen atoms in total. The van der Waals surface area contributed by atoms with E-state index in [1.54, 1.807) is 6.08 Å². The summed E-state index contributed by atoms with van der Waals surface area (Å²) >= 11 is 0. The molecule has 0 aromatic heterocycles. The molecule has 0 saturated carbocycles. The average molecular weight is 2150 g/mol. The zero-order valence-corrected chi connectivity index (χ0v) is 84.8. The predicted octanol–water partition coefficient (Wildman–Crippen LogP) is -8.81. The Morgan fingerprint density at radius 3 is 0.878 bits per heavy atom. The zero-order valence-electron chi connectivity index (χ0n) is 84.8. The Kier molecular flexibility index (Phi) is 55.6. The minimum atomic E-state index is -2.52. The van der Waals surface area contributed by atoms with Gasteiger partial charge in [0.05, 0.1) is 78.2 Å². The molecule has 9 fully saturated rings. The summed E-state index contributed by atoms with van der Waals surface area (Å²) in [4.78, 5) is 53.4. The van der Waals surface area contributed by atoms with Crippen LogP contribution >= 0.6 is 0 Å². The van der Waals surface area contributed by atoms with Crippen molar-refractivity contribution in [1.82, 2.24) is 21.3 Å². The van der Waals surface area contributed by atoms with Crippen LogP contribution in [0.3, 0.4) is 0 Å². The van der Waals surface area contributed by atoms with E-state index in [-0.39, 0.29) is 12.3 Å². The topological polar surface area (TPSA) is 809 Å². The van der Waals surface area contributed by atoms with Gasteiger partial charge in [0.25, 0.3) is 0 Å². The van der Waals surface area contributed by atoms with E-state index in [0.29, 0.717) is 12.8 Å². The van der Waals surface area contributed by atoms with E-state index >= 15 is 0 Å². The number of aliphatic hydroxyl groups excluding tert-OH is 26. The van der Waals surface area contributed by atoms with Crippen LogP contribution in [0.1, 0.15) is 214 Å². The van der Waals surface area contributed by atoms with E-state index in [1.807, 2.05) is 6.08 Å². The molecule has 9 aliphatic heterocycles. The highest BCUT2D eigenvalue weighted by Gasteiger charge is 2.62. The molecule has 9 aliphatic rings. The number of rotatable bonds is 62. The lowest BCUT2D eigenvalue weighted by Gasteiger charge is -2.51. The van der Waals surface area contributed by atoms with E-state index in [0.717, 1.165) is 85.0 Å². The largest absolute Gasteiger partial charge is 0.394 e. The van der Waals surface area contributed by atoms with Gasteiger partial charge in [-0.3, -0.25) is 19.2 Å². The molecule has 0 aromatic carbocycles. The lowest BCUT2D eigenvalue weighted by molar-refractivity contribution is -0.390. The van der Waals surface area contributed by atoms with Gasteiger partial charge < -0.3 is 239 Å². The van der Waals surface area contributed by atoms with Crippen molar-refractivity contribution < 1.29 is 237 Å². The minimum absolute atomic E-state index is 0.130. The van der Waals surface area contributed by atoms with Crippen LogP contribution in [-0.2, 0) is 104 Å². The third kappa shape index (κ3) is 35.4. The molecule has 47 atom stereocenters. The molecule has 52 heteroatoms. The first-order valence-corrected chi connectivity index (χ1v) is 52.5. The molecule has 0 aromatic rings. The average Bonchev–Trinajstić information content (AvgIpc) is 0.552. The van der Waals surface area contributed by atoms with Crippen molar-refractivity contribution in [3.63, 3.8) is 0 Å². The summed E-state index contributed by atoms with van der Waals surface area (Å²) < 4.78 is 108. The van der Waals surface area contributed by atoms with Crippen LogP contribution < -0.4 is 21.3 Å². The number of aliphatic hydroxyl groups is 26. The van der Waals surface area contributed by atoms with E-state index in [1.165, 1.54) is 96.3 Å². The summed E-state index contributed by atoms with van der Waals surface area (Å²) in [6, 6.07) is -7.04. The van der Waals surface area contributed by atoms with E-state index < -0.39 is 372 Å². The SMILES string of the molecule is CCCCCCCCCCCCC/C=C/[C@@H](O)[C@H](CO[C@@H]1OC(CO)[C@@H](O[C@@H]2OC(CO)[C@H](O)[C@H](O[C@@H]3OC(CO)[C@@H](O[C@@H]4OC(CO[C@@H]5OC(CO)[C@@H](O[C@@H]6OC(CO)[C@H](O)[C@H](O[C@@H]7OC(CO)[C@H](O)[C@H](O)C7O)C6O)[C@H](O)C5NC(C)=O)[C@H](O)[C@H](O[C@@H]5OC(CO)[C@@H](O[C@@H]6OC(CO)[C@H](O)[C@H](O)C6O)[C@H](O)C5NC(C)=O)C4O)[C@H](O)C3NC(C)=O)C2O)[C@H](O)C1O)NC(=O)CCCCCCCCCCCCCCCCC. The number of allylic oxidation sites excluding steroid dienone is 1. The molecule has 9 saturated heterocycles.